The fourth-order valence-electron chi connectivity index (χ4n) is 1.19. The van der Waals surface area contributed by atoms with Gasteiger partial charge in [0.15, 0.2) is 0 Å². The Bertz CT molecular complexity index is 235. The maximum absolute atomic E-state index is 8.48. The van der Waals surface area contributed by atoms with E-state index in [2.05, 4.69) is 16.5 Å². The third-order valence-corrected chi connectivity index (χ3v) is 1.83. The molecular formula is C9H16N2O2. The van der Waals surface area contributed by atoms with Crippen LogP contribution in [0.1, 0.15) is 12.7 Å². The Labute approximate surface area is 78.2 Å². The number of hydrogen-bond donors (Lipinski definition) is 1. The maximum atomic E-state index is 8.48. The second kappa shape index (κ2) is 5.72. The smallest absolute Gasteiger partial charge is 0.108 e. The van der Waals surface area contributed by atoms with Gasteiger partial charge in [-0.1, -0.05) is 6.92 Å². The van der Waals surface area contributed by atoms with Crippen molar-refractivity contribution in [1.29, 1.82) is 0 Å². The highest BCUT2D eigenvalue weighted by Gasteiger charge is 1.98. The van der Waals surface area contributed by atoms with E-state index in [0.717, 1.165) is 18.8 Å². The van der Waals surface area contributed by atoms with E-state index in [1.54, 1.807) is 6.20 Å². The van der Waals surface area contributed by atoms with Crippen LogP contribution in [0.2, 0.25) is 0 Å². The van der Waals surface area contributed by atoms with Crippen molar-refractivity contribution in [3.8, 4) is 0 Å². The summed E-state index contributed by atoms with van der Waals surface area (Å²) in [5.74, 6) is 1.08. The molecule has 1 heterocycles. The SMILES string of the molecule is CCc1nccn1CCOCCO. The first-order chi connectivity index (χ1) is 6.38. The van der Waals surface area contributed by atoms with Crippen molar-refractivity contribution in [3.05, 3.63) is 18.2 Å². The maximum Gasteiger partial charge on any atom is 0.108 e. The number of rotatable bonds is 6. The number of aromatic nitrogens is 2. The predicted molar refractivity (Wildman–Crippen MR) is 49.5 cm³/mol. The van der Waals surface area contributed by atoms with Gasteiger partial charge in [-0.05, 0) is 0 Å². The minimum Gasteiger partial charge on any atom is -0.394 e. The molecule has 0 unspecified atom stereocenters. The zero-order valence-electron chi connectivity index (χ0n) is 7.94. The van der Waals surface area contributed by atoms with Gasteiger partial charge in [-0.15, -0.1) is 0 Å². The summed E-state index contributed by atoms with van der Waals surface area (Å²) >= 11 is 0. The van der Waals surface area contributed by atoms with E-state index >= 15 is 0 Å². The lowest BCUT2D eigenvalue weighted by molar-refractivity contribution is 0.0866. The van der Waals surface area contributed by atoms with Gasteiger partial charge in [-0.2, -0.15) is 0 Å². The minimum absolute atomic E-state index is 0.0879. The first kappa shape index (κ1) is 10.2. The van der Waals surface area contributed by atoms with Gasteiger partial charge in [0.2, 0.25) is 0 Å². The van der Waals surface area contributed by atoms with Crippen molar-refractivity contribution in [2.24, 2.45) is 0 Å². The Morgan fingerprint density at radius 3 is 3.08 bits per heavy atom. The molecule has 0 atom stereocenters. The van der Waals surface area contributed by atoms with Crippen LogP contribution < -0.4 is 0 Å². The number of aliphatic hydroxyl groups is 1. The molecule has 4 nitrogen and oxygen atoms in total. The Morgan fingerprint density at radius 1 is 1.54 bits per heavy atom. The van der Waals surface area contributed by atoms with Crippen molar-refractivity contribution in [2.75, 3.05) is 19.8 Å². The summed E-state index contributed by atoms with van der Waals surface area (Å²) in [6, 6.07) is 0. The second-order valence-electron chi connectivity index (χ2n) is 2.73. The summed E-state index contributed by atoms with van der Waals surface area (Å²) in [4.78, 5) is 4.19. The first-order valence-corrected chi connectivity index (χ1v) is 4.57. The second-order valence-corrected chi connectivity index (χ2v) is 2.73. The third kappa shape index (κ3) is 3.16. The van der Waals surface area contributed by atoms with E-state index in [1.807, 2.05) is 6.20 Å². The van der Waals surface area contributed by atoms with Crippen molar-refractivity contribution in [3.63, 3.8) is 0 Å². The highest BCUT2D eigenvalue weighted by atomic mass is 16.5. The van der Waals surface area contributed by atoms with Crippen LogP contribution in [0.3, 0.4) is 0 Å². The Kier molecular flexibility index (Phi) is 4.49. The van der Waals surface area contributed by atoms with Crippen LogP contribution in [0.25, 0.3) is 0 Å². The molecule has 74 valence electrons. The predicted octanol–water partition coefficient (Wildman–Crippen LogP) is 0.454. The van der Waals surface area contributed by atoms with Gasteiger partial charge in [0.05, 0.1) is 19.8 Å². The van der Waals surface area contributed by atoms with E-state index in [4.69, 9.17) is 9.84 Å². The van der Waals surface area contributed by atoms with Crippen LogP contribution in [-0.4, -0.2) is 34.5 Å². The fourth-order valence-corrected chi connectivity index (χ4v) is 1.19. The zero-order valence-corrected chi connectivity index (χ0v) is 7.94. The van der Waals surface area contributed by atoms with Gasteiger partial charge >= 0.3 is 0 Å². The lowest BCUT2D eigenvalue weighted by Gasteiger charge is -2.06. The Morgan fingerprint density at radius 2 is 2.38 bits per heavy atom. The number of aliphatic hydroxyl groups excluding tert-OH is 1. The molecule has 0 aliphatic carbocycles. The fraction of sp³-hybridized carbons (Fsp3) is 0.667. The van der Waals surface area contributed by atoms with Crippen LogP contribution in [0.4, 0.5) is 0 Å². The molecule has 0 fully saturated rings. The molecule has 1 aromatic heterocycles. The number of ether oxygens (including phenoxy) is 1. The molecule has 1 N–H and O–H groups in total. The molecule has 1 rings (SSSR count). The van der Waals surface area contributed by atoms with Gasteiger partial charge in [0, 0.05) is 25.4 Å². The van der Waals surface area contributed by atoms with Crippen molar-refractivity contribution in [2.45, 2.75) is 19.9 Å². The molecule has 0 bridgehead atoms. The summed E-state index contributed by atoms with van der Waals surface area (Å²) in [5, 5.41) is 8.48. The van der Waals surface area contributed by atoms with Crippen LogP contribution in [0.5, 0.6) is 0 Å². The molecule has 0 spiro atoms. The Balaban J connectivity index is 2.27. The molecule has 0 amide bonds. The molecule has 0 aliphatic heterocycles. The number of aryl methyl sites for hydroxylation is 1. The van der Waals surface area contributed by atoms with Gasteiger partial charge in [0.25, 0.3) is 0 Å². The molecule has 1 aromatic rings. The summed E-state index contributed by atoms with van der Waals surface area (Å²) < 4.78 is 7.22. The van der Waals surface area contributed by atoms with E-state index in [0.29, 0.717) is 13.2 Å². The lowest BCUT2D eigenvalue weighted by atomic mass is 10.4. The third-order valence-electron chi connectivity index (χ3n) is 1.83. The van der Waals surface area contributed by atoms with Crippen LogP contribution >= 0.6 is 0 Å². The summed E-state index contributed by atoms with van der Waals surface area (Å²) in [7, 11) is 0. The molecule has 0 aliphatic rings. The van der Waals surface area contributed by atoms with E-state index in [1.165, 1.54) is 0 Å². The first-order valence-electron chi connectivity index (χ1n) is 4.57. The van der Waals surface area contributed by atoms with Gasteiger partial charge in [0.1, 0.15) is 5.82 Å². The average molecular weight is 184 g/mol. The largest absolute Gasteiger partial charge is 0.394 e. The standard InChI is InChI=1S/C9H16N2O2/c1-2-9-10-3-4-11(9)5-7-13-8-6-12/h3-4,12H,2,5-8H2,1H3. The molecule has 0 saturated carbocycles. The minimum atomic E-state index is 0.0879. The van der Waals surface area contributed by atoms with E-state index < -0.39 is 0 Å². The van der Waals surface area contributed by atoms with E-state index in [9.17, 15) is 0 Å². The van der Waals surface area contributed by atoms with Crippen molar-refractivity contribution in [1.82, 2.24) is 9.55 Å². The topological polar surface area (TPSA) is 47.3 Å². The Hall–Kier alpha value is -0.870. The van der Waals surface area contributed by atoms with Gasteiger partial charge in [-0.25, -0.2) is 4.98 Å². The van der Waals surface area contributed by atoms with Gasteiger partial charge < -0.3 is 14.4 Å². The van der Waals surface area contributed by atoms with E-state index in [-0.39, 0.29) is 6.61 Å². The molecular weight excluding hydrogens is 168 g/mol. The van der Waals surface area contributed by atoms with Crippen LogP contribution in [0, 0.1) is 0 Å². The number of nitrogens with zero attached hydrogens (tertiary/aromatic N) is 2. The number of imidazole rings is 1. The summed E-state index contributed by atoms with van der Waals surface area (Å²) in [5.41, 5.74) is 0. The average Bonchev–Trinajstić information content (AvgIpc) is 2.60. The summed E-state index contributed by atoms with van der Waals surface area (Å²) in [6.07, 6.45) is 4.68. The number of hydrogen-bond acceptors (Lipinski definition) is 3. The molecule has 0 radical (unpaired) electrons. The molecule has 0 aromatic carbocycles. The van der Waals surface area contributed by atoms with Crippen LogP contribution in [0.15, 0.2) is 12.4 Å². The van der Waals surface area contributed by atoms with Crippen LogP contribution in [-0.2, 0) is 17.7 Å². The van der Waals surface area contributed by atoms with Crippen molar-refractivity contribution < 1.29 is 9.84 Å². The quantitative estimate of drug-likeness (QED) is 0.653. The normalized spacial score (nSPS) is 10.6. The van der Waals surface area contributed by atoms with Crippen molar-refractivity contribution >= 4 is 0 Å². The zero-order chi connectivity index (χ0) is 9.52. The molecule has 13 heavy (non-hydrogen) atoms. The molecule has 4 heteroatoms. The lowest BCUT2D eigenvalue weighted by Crippen LogP contribution is -2.10. The highest BCUT2D eigenvalue weighted by molar-refractivity contribution is 4.91. The highest BCUT2D eigenvalue weighted by Crippen LogP contribution is 1.97. The molecule has 0 saturated heterocycles. The monoisotopic (exact) mass is 184 g/mol. The summed E-state index contributed by atoms with van der Waals surface area (Å²) in [6.45, 7) is 4.02. The van der Waals surface area contributed by atoms with Gasteiger partial charge in [-0.3, -0.25) is 0 Å².